The van der Waals surface area contributed by atoms with Crippen LogP contribution >= 0.6 is 0 Å². The predicted octanol–water partition coefficient (Wildman–Crippen LogP) is -12.8. The maximum absolute atomic E-state index is 0. The molecule has 0 rings (SSSR count). The standard InChI is InChI=1S/4Al.3ClH.13H2O.Zr/h;;;;3*1H;13*1H2;/q4*+3;;;;;;;;;;;;;;;;;/p-16. The van der Waals surface area contributed by atoms with Gasteiger partial charge in [-0.1, -0.05) is 0 Å². The Morgan fingerprint density at radius 1 is 0.190 bits per heavy atom. The van der Waals surface area contributed by atoms with Gasteiger partial charge in [-0.15, -0.1) is 0 Å². The topological polar surface area (TPSA) is 390 Å². The summed E-state index contributed by atoms with van der Waals surface area (Å²) in [5, 5.41) is 0. The number of halogens is 3. The summed E-state index contributed by atoms with van der Waals surface area (Å²) in [6.45, 7) is 0. The van der Waals surface area contributed by atoms with Gasteiger partial charge in [0.2, 0.25) is 0 Å². The monoisotopic (exact) mass is 524 g/mol. The first-order chi connectivity index (χ1) is 0. The molecule has 0 heterocycles. The summed E-state index contributed by atoms with van der Waals surface area (Å²) in [6.07, 6.45) is 0. The minimum absolute atomic E-state index is 0. The van der Waals surface area contributed by atoms with E-state index in [1.54, 1.807) is 0 Å². The fraction of sp³-hybridized carbons (Fsp3) is 0. The maximum Gasteiger partial charge on any atom is 3.00 e. The minimum atomic E-state index is 0. The molecule has 0 saturated carbocycles. The summed E-state index contributed by atoms with van der Waals surface area (Å²) in [7, 11) is 0. The van der Waals surface area contributed by atoms with Crippen molar-refractivity contribution < 1.29 is 135 Å². The second kappa shape index (κ2) is 1030. The molecule has 0 spiro atoms. The predicted molar refractivity (Wildman–Crippen MR) is 48.2 cm³/mol. The van der Waals surface area contributed by atoms with Crippen molar-refractivity contribution in [1.82, 2.24) is 0 Å². The summed E-state index contributed by atoms with van der Waals surface area (Å²) >= 11 is 0. The van der Waals surface area contributed by atoms with E-state index < -0.39 is 0 Å². The summed E-state index contributed by atoms with van der Waals surface area (Å²) in [5.74, 6) is 0. The van der Waals surface area contributed by atoms with Crippen LogP contribution in [0, 0.1) is 0 Å². The van der Waals surface area contributed by atoms with E-state index in [0.717, 1.165) is 0 Å². The third-order valence-corrected chi connectivity index (χ3v) is 0. The van der Waals surface area contributed by atoms with E-state index in [0.29, 0.717) is 0 Å². The van der Waals surface area contributed by atoms with Gasteiger partial charge in [-0.3, -0.25) is 0 Å². The molecule has 132 valence electrons. The van der Waals surface area contributed by atoms with Gasteiger partial charge < -0.3 is 108 Å². The van der Waals surface area contributed by atoms with E-state index in [9.17, 15) is 0 Å². The molecule has 21 heteroatoms. The van der Waals surface area contributed by atoms with E-state index in [1.807, 2.05) is 0 Å². The van der Waals surface area contributed by atoms with Gasteiger partial charge in [0.1, 0.15) is 0 Å². The van der Waals surface area contributed by atoms with Crippen molar-refractivity contribution in [3.05, 3.63) is 0 Å². The van der Waals surface area contributed by atoms with Crippen LogP contribution in [0.5, 0.6) is 0 Å². The third-order valence-electron chi connectivity index (χ3n) is 0. The SMILES string of the molecule is [Al+3].[Al+3].[Al+3].[Al+3].[Cl-].[Cl-].[Cl-].[OH-].[OH-].[OH-].[OH-].[OH-].[OH-].[OH-].[OH-].[OH-].[OH-].[OH-].[OH-].[OH-].[Zr]. The van der Waals surface area contributed by atoms with Crippen LogP contribution in [-0.2, 0) is 26.2 Å². The molecule has 21 heavy (non-hydrogen) atoms. The fourth-order valence-electron chi connectivity index (χ4n) is 0. The average molecular weight is 527 g/mol. The van der Waals surface area contributed by atoms with E-state index >= 15 is 0 Å². The molecule has 13 N–H and O–H groups in total. The number of hydrogen-bond donors (Lipinski definition) is 0. The normalized spacial score (nSPS) is 0. The molecule has 0 amide bonds. The molecule has 13 nitrogen and oxygen atoms in total. The van der Waals surface area contributed by atoms with Crippen LogP contribution in [0.4, 0.5) is 0 Å². The van der Waals surface area contributed by atoms with Crippen LogP contribution in [0.15, 0.2) is 0 Å². The van der Waals surface area contributed by atoms with Gasteiger partial charge in [0.05, 0.1) is 0 Å². The molecule has 0 bridgehead atoms. The fourth-order valence-corrected chi connectivity index (χ4v) is 0. The molecule has 0 fully saturated rings. The van der Waals surface area contributed by atoms with Gasteiger partial charge in [0.25, 0.3) is 0 Å². The van der Waals surface area contributed by atoms with Crippen molar-refractivity contribution in [1.29, 1.82) is 0 Å². The van der Waals surface area contributed by atoms with Crippen LogP contribution in [0.25, 0.3) is 0 Å². The van der Waals surface area contributed by atoms with Crippen LogP contribution in [0.2, 0.25) is 0 Å². The second-order valence-electron chi connectivity index (χ2n) is 0. The van der Waals surface area contributed by atoms with Gasteiger partial charge in [-0.2, -0.15) is 0 Å². The van der Waals surface area contributed by atoms with Gasteiger partial charge >= 0.3 is 69.4 Å². The summed E-state index contributed by atoms with van der Waals surface area (Å²) in [4.78, 5) is 0. The largest absolute Gasteiger partial charge is 3.00 e. The van der Waals surface area contributed by atoms with Crippen LogP contribution in [-0.4, -0.2) is 141 Å². The molecule has 0 aromatic heterocycles. The van der Waals surface area contributed by atoms with Gasteiger partial charge in [-0.25, -0.2) is 0 Å². The van der Waals surface area contributed by atoms with Crippen molar-refractivity contribution >= 4 is 69.4 Å². The van der Waals surface area contributed by atoms with E-state index in [1.165, 1.54) is 0 Å². The van der Waals surface area contributed by atoms with Crippen LogP contribution < -0.4 is 37.2 Å². The average Bonchev–Trinajstić information content (AvgIpc) is 0. The molecule has 0 aliphatic rings. The first-order valence-corrected chi connectivity index (χ1v) is 0. The Labute approximate surface area is 202 Å². The van der Waals surface area contributed by atoms with Gasteiger partial charge in [0.15, 0.2) is 0 Å². The van der Waals surface area contributed by atoms with Gasteiger partial charge in [-0.05, 0) is 0 Å². The van der Waals surface area contributed by atoms with E-state index in [-0.39, 0.29) is 204 Å². The molecule has 0 unspecified atom stereocenters. The molecule has 0 aliphatic heterocycles. The zero-order valence-corrected chi connectivity index (χ0v) is 19.1. The molecule has 0 saturated heterocycles. The quantitative estimate of drug-likeness (QED) is 0.265. The van der Waals surface area contributed by atoms with Gasteiger partial charge in [0, 0.05) is 26.2 Å². The van der Waals surface area contributed by atoms with Crippen molar-refractivity contribution in [2.75, 3.05) is 0 Å². The number of hydrogen-bond acceptors (Lipinski definition) is 13. The number of rotatable bonds is 0. The molecular formula is H13Al4Cl3O13Zr-4. The Kier molecular flexibility index (Phi) is 57800. The maximum atomic E-state index is 0. The van der Waals surface area contributed by atoms with Crippen LogP contribution in [0.3, 0.4) is 0 Å². The summed E-state index contributed by atoms with van der Waals surface area (Å²) < 4.78 is 0. The Bertz CT molecular complexity index is 31.4. The second-order valence-corrected chi connectivity index (χ2v) is 0. The van der Waals surface area contributed by atoms with E-state index in [2.05, 4.69) is 0 Å². The zero-order valence-electron chi connectivity index (χ0n) is 9.76. The molecule has 0 radical (unpaired) electrons. The summed E-state index contributed by atoms with van der Waals surface area (Å²) in [6, 6.07) is 0. The summed E-state index contributed by atoms with van der Waals surface area (Å²) in [5.41, 5.74) is 0. The Hall–Kier alpha value is 3.36. The minimum Gasteiger partial charge on any atom is -1.00 e. The van der Waals surface area contributed by atoms with Crippen molar-refractivity contribution in [2.24, 2.45) is 0 Å². The molecule has 0 aromatic rings. The third kappa shape index (κ3) is 943. The molecule has 0 atom stereocenters. The van der Waals surface area contributed by atoms with E-state index in [4.69, 9.17) is 0 Å². The van der Waals surface area contributed by atoms with Crippen LogP contribution in [0.1, 0.15) is 0 Å². The Morgan fingerprint density at radius 3 is 0.190 bits per heavy atom. The smallest absolute Gasteiger partial charge is 1.00 e. The molecule has 0 aliphatic carbocycles. The molecular weight excluding hydrogens is 513 g/mol. The Morgan fingerprint density at radius 2 is 0.190 bits per heavy atom. The van der Waals surface area contributed by atoms with Crippen molar-refractivity contribution in [3.63, 3.8) is 0 Å². The van der Waals surface area contributed by atoms with Crippen molar-refractivity contribution in [3.8, 4) is 0 Å². The Balaban J connectivity index is 0. The zero-order chi connectivity index (χ0) is 0. The first-order valence-electron chi connectivity index (χ1n) is 0. The van der Waals surface area contributed by atoms with Crippen molar-refractivity contribution in [2.45, 2.75) is 0 Å². The first kappa shape index (κ1) is 1180. The molecule has 0 aromatic carbocycles.